The van der Waals surface area contributed by atoms with E-state index in [0.717, 1.165) is 43.7 Å². The molecule has 0 aliphatic carbocycles. The smallest absolute Gasteiger partial charge is 0.308 e. The highest BCUT2D eigenvalue weighted by molar-refractivity contribution is 5.80. The van der Waals surface area contributed by atoms with Gasteiger partial charge in [-0.3, -0.25) is 9.59 Å². The van der Waals surface area contributed by atoms with Crippen molar-refractivity contribution in [3.05, 3.63) is 36.5 Å². The summed E-state index contributed by atoms with van der Waals surface area (Å²) in [7, 11) is 1.44. The molecule has 1 N–H and O–H groups in total. The summed E-state index contributed by atoms with van der Waals surface area (Å²) in [5, 5.41) is 8.72. The predicted octanol–water partition coefficient (Wildman–Crippen LogP) is 0.650. The lowest BCUT2D eigenvalue weighted by atomic mass is 9.74. The molecule has 32 heavy (non-hydrogen) atoms. The molecule has 0 radical (unpaired) electrons. The van der Waals surface area contributed by atoms with Crippen LogP contribution in [-0.4, -0.2) is 71.1 Å². The van der Waals surface area contributed by atoms with Gasteiger partial charge in [-0.2, -0.15) is 0 Å². The molecule has 170 valence electrons. The number of fused-ring (bicyclic) bond motifs is 3. The van der Waals surface area contributed by atoms with Crippen molar-refractivity contribution in [1.29, 1.82) is 0 Å². The molecule has 4 fully saturated rings. The summed E-state index contributed by atoms with van der Waals surface area (Å²) in [4.78, 5) is 28.6. The highest BCUT2D eigenvalue weighted by atomic mass is 16.5. The van der Waals surface area contributed by atoms with Gasteiger partial charge in [-0.1, -0.05) is 35.5 Å². The van der Waals surface area contributed by atoms with Crippen LogP contribution in [0.5, 0.6) is 0 Å². The lowest BCUT2D eigenvalue weighted by molar-refractivity contribution is -0.945. The first-order valence-corrected chi connectivity index (χ1v) is 11.8. The summed E-state index contributed by atoms with van der Waals surface area (Å²) in [6, 6.07) is 10.6. The van der Waals surface area contributed by atoms with Crippen LogP contribution in [0.1, 0.15) is 25.7 Å². The molecule has 0 saturated carbocycles. The maximum absolute atomic E-state index is 13.3. The molecule has 0 spiro atoms. The molecule has 1 aromatic heterocycles. The zero-order chi connectivity index (χ0) is 22.1. The highest BCUT2D eigenvalue weighted by Crippen LogP contribution is 2.30. The summed E-state index contributed by atoms with van der Waals surface area (Å²) >= 11 is 0. The highest BCUT2D eigenvalue weighted by Gasteiger charge is 2.48. The number of piperidine rings is 4. The van der Waals surface area contributed by atoms with Crippen LogP contribution >= 0.6 is 0 Å². The van der Waals surface area contributed by atoms with E-state index in [1.807, 2.05) is 34.0 Å². The van der Waals surface area contributed by atoms with Crippen LogP contribution in [0.4, 0.5) is 0 Å². The van der Waals surface area contributed by atoms with Crippen molar-refractivity contribution in [2.75, 3.05) is 33.3 Å². The van der Waals surface area contributed by atoms with Crippen LogP contribution in [0.15, 0.2) is 36.5 Å². The number of nitrogens with zero attached hydrogens (tertiary/aromatic N) is 4. The topological polar surface area (TPSA) is 81.8 Å². The van der Waals surface area contributed by atoms with E-state index in [4.69, 9.17) is 4.74 Å². The molecule has 4 aliphatic rings. The number of methoxy groups -OCH3 is 1. The van der Waals surface area contributed by atoms with E-state index in [-0.39, 0.29) is 17.8 Å². The number of esters is 1. The number of ether oxygens (including phenoxy) is 1. The van der Waals surface area contributed by atoms with E-state index in [2.05, 4.69) is 22.4 Å². The number of carbonyl (C=O) groups is 2. The Morgan fingerprint density at radius 3 is 2.62 bits per heavy atom. The number of carbonyl (C=O) groups excluding carboxylic acids is 2. The molecule has 2 aromatic rings. The predicted molar refractivity (Wildman–Crippen MR) is 117 cm³/mol. The Morgan fingerprint density at radius 1 is 1.16 bits per heavy atom. The van der Waals surface area contributed by atoms with Crippen LogP contribution < -0.4 is 4.90 Å². The third kappa shape index (κ3) is 4.16. The first-order valence-electron chi connectivity index (χ1n) is 11.8. The Hall–Kier alpha value is -2.74. The molecule has 6 rings (SSSR count). The van der Waals surface area contributed by atoms with Gasteiger partial charge in [-0.25, -0.2) is 4.68 Å². The molecule has 2 bridgehead atoms. The van der Waals surface area contributed by atoms with Crippen molar-refractivity contribution < 1.29 is 19.2 Å². The number of quaternary nitrogens is 1. The van der Waals surface area contributed by atoms with Gasteiger partial charge < -0.3 is 14.5 Å². The molecule has 4 aliphatic heterocycles. The Kier molecular flexibility index (Phi) is 5.95. The van der Waals surface area contributed by atoms with E-state index in [9.17, 15) is 9.59 Å². The van der Waals surface area contributed by atoms with E-state index >= 15 is 0 Å². The van der Waals surface area contributed by atoms with Crippen LogP contribution in [0.3, 0.4) is 0 Å². The van der Waals surface area contributed by atoms with Gasteiger partial charge in [0.25, 0.3) is 0 Å². The number of benzene rings is 1. The largest absolute Gasteiger partial charge is 0.469 e. The monoisotopic (exact) mass is 438 g/mol. The summed E-state index contributed by atoms with van der Waals surface area (Å²) < 4.78 is 6.84. The zero-order valence-corrected chi connectivity index (χ0v) is 18.7. The maximum Gasteiger partial charge on any atom is 0.308 e. The Labute approximate surface area is 188 Å². The molecular weight excluding hydrogens is 406 g/mol. The molecule has 1 aromatic carbocycles. The molecule has 5 heterocycles. The van der Waals surface area contributed by atoms with Crippen LogP contribution in [0.25, 0.3) is 11.3 Å². The zero-order valence-electron chi connectivity index (χ0n) is 18.7. The fourth-order valence-corrected chi connectivity index (χ4v) is 5.89. The SMILES string of the molecule is COC(=O)C1CCN(C(=O)[C@H]2C[NH+]3CC[C@@H]2C[C@@H]3Cn2cc(-c3ccccc3)nn2)CC1. The Morgan fingerprint density at radius 2 is 1.94 bits per heavy atom. The van der Waals surface area contributed by atoms with E-state index in [1.165, 1.54) is 12.0 Å². The van der Waals surface area contributed by atoms with Crippen molar-refractivity contribution in [2.45, 2.75) is 38.3 Å². The average molecular weight is 439 g/mol. The number of aromatic nitrogens is 3. The van der Waals surface area contributed by atoms with E-state index in [0.29, 0.717) is 43.8 Å². The van der Waals surface area contributed by atoms with Gasteiger partial charge in [0, 0.05) is 31.5 Å². The van der Waals surface area contributed by atoms with Crippen molar-refractivity contribution in [3.8, 4) is 11.3 Å². The number of amides is 1. The molecule has 1 amide bonds. The molecule has 8 heteroatoms. The number of hydrogen-bond donors (Lipinski definition) is 1. The van der Waals surface area contributed by atoms with Gasteiger partial charge in [0.15, 0.2) is 0 Å². The standard InChI is InChI=1S/C24H31N5O3/c1-32-24(31)18-7-10-27(11-8-18)23(30)21-15-28-12-9-19(21)13-20(28)14-29-16-22(25-26-29)17-5-3-2-4-6-17/h2-6,16,18-21H,7-15H2,1H3/p+1/t19-,20-,21+/m1/s1. The first kappa shape index (κ1) is 21.1. The second-order valence-corrected chi connectivity index (χ2v) is 9.51. The van der Waals surface area contributed by atoms with Gasteiger partial charge in [-0.05, 0) is 18.8 Å². The number of nitrogens with one attached hydrogen (secondary N) is 1. The van der Waals surface area contributed by atoms with Crippen molar-refractivity contribution in [2.24, 2.45) is 17.8 Å². The van der Waals surface area contributed by atoms with E-state index < -0.39 is 0 Å². The number of rotatable bonds is 5. The minimum atomic E-state index is -0.143. The lowest BCUT2D eigenvalue weighted by Crippen LogP contribution is -3.20. The average Bonchev–Trinajstić information content (AvgIpc) is 3.32. The molecule has 8 nitrogen and oxygen atoms in total. The van der Waals surface area contributed by atoms with Gasteiger partial charge >= 0.3 is 5.97 Å². The fraction of sp³-hybridized carbons (Fsp3) is 0.583. The van der Waals surface area contributed by atoms with Crippen molar-refractivity contribution in [1.82, 2.24) is 19.9 Å². The summed E-state index contributed by atoms with van der Waals surface area (Å²) in [6.07, 6.45) is 5.64. The van der Waals surface area contributed by atoms with Crippen molar-refractivity contribution >= 4 is 11.9 Å². The van der Waals surface area contributed by atoms with Gasteiger partial charge in [-0.15, -0.1) is 5.10 Å². The fourth-order valence-electron chi connectivity index (χ4n) is 5.89. The van der Waals surface area contributed by atoms with Crippen LogP contribution in [0, 0.1) is 17.8 Å². The lowest BCUT2D eigenvalue weighted by Gasteiger charge is -2.47. The second-order valence-electron chi connectivity index (χ2n) is 9.51. The molecule has 1 unspecified atom stereocenters. The summed E-state index contributed by atoms with van der Waals surface area (Å²) in [5.74, 6) is 0.645. The Bertz CT molecular complexity index is 954. The quantitative estimate of drug-likeness (QED) is 0.694. The Balaban J connectivity index is 1.18. The minimum absolute atomic E-state index is 0.0610. The van der Waals surface area contributed by atoms with Gasteiger partial charge in [0.05, 0.1) is 44.8 Å². The summed E-state index contributed by atoms with van der Waals surface area (Å²) in [6.45, 7) is 4.22. The molecule has 4 saturated heterocycles. The van der Waals surface area contributed by atoms with Crippen LogP contribution in [-0.2, 0) is 20.9 Å². The molecule has 4 atom stereocenters. The normalized spacial score (nSPS) is 28.0. The third-order valence-corrected chi connectivity index (χ3v) is 7.73. The maximum atomic E-state index is 13.3. The minimum Gasteiger partial charge on any atom is -0.469 e. The number of likely N-dealkylation sites (tertiary alicyclic amines) is 1. The van der Waals surface area contributed by atoms with Gasteiger partial charge in [0.2, 0.25) is 5.91 Å². The first-order chi connectivity index (χ1) is 15.6. The third-order valence-electron chi connectivity index (χ3n) is 7.73. The summed E-state index contributed by atoms with van der Waals surface area (Å²) in [5.41, 5.74) is 1.98. The van der Waals surface area contributed by atoms with Crippen molar-refractivity contribution in [3.63, 3.8) is 0 Å². The number of hydrogen-bond acceptors (Lipinski definition) is 5. The van der Waals surface area contributed by atoms with Crippen LogP contribution in [0.2, 0.25) is 0 Å². The van der Waals surface area contributed by atoms with E-state index in [1.54, 1.807) is 0 Å². The molecular formula is C24H32N5O3+. The second kappa shape index (κ2) is 9.02. The van der Waals surface area contributed by atoms with Gasteiger partial charge in [0.1, 0.15) is 11.7 Å².